The minimum atomic E-state index is -0.248. The van der Waals surface area contributed by atoms with Gasteiger partial charge in [-0.1, -0.05) is 0 Å². The summed E-state index contributed by atoms with van der Waals surface area (Å²) in [7, 11) is 0. The Balaban J connectivity index is 1.61. The van der Waals surface area contributed by atoms with Crippen molar-refractivity contribution in [2.24, 2.45) is 5.10 Å². The molecule has 6 heteroatoms. The van der Waals surface area contributed by atoms with Crippen LogP contribution in [0.1, 0.15) is 47.1 Å². The fraction of sp³-hybridized carbons (Fsp3) is 0.429. The minimum absolute atomic E-state index is 0.248. The average Bonchev–Trinajstić information content (AvgIpc) is 3.27. The Labute approximate surface area is 160 Å². The zero-order valence-electron chi connectivity index (χ0n) is 16.2. The number of amides is 1. The lowest BCUT2D eigenvalue weighted by Gasteiger charge is -2.14. The number of aromatic nitrogens is 1. The van der Waals surface area contributed by atoms with Gasteiger partial charge in [0.1, 0.15) is 5.75 Å². The number of carbonyl (C=O) groups excluding carboxylic acids is 1. The van der Waals surface area contributed by atoms with E-state index in [0.29, 0.717) is 18.3 Å². The Morgan fingerprint density at radius 2 is 2.15 bits per heavy atom. The maximum atomic E-state index is 12.2. The number of carbonyl (C=O) groups is 1. The summed E-state index contributed by atoms with van der Waals surface area (Å²) in [6.45, 7) is 8.39. The highest BCUT2D eigenvalue weighted by Crippen LogP contribution is 2.19. The third-order valence-electron chi connectivity index (χ3n) is 4.82. The summed E-state index contributed by atoms with van der Waals surface area (Å²) in [5.41, 5.74) is 6.42. The molecular weight excluding hydrogens is 342 g/mol. The number of hydrazone groups is 1. The summed E-state index contributed by atoms with van der Waals surface area (Å²) in [5.74, 6) is 0.499. The second-order valence-electron chi connectivity index (χ2n) is 6.73. The van der Waals surface area contributed by atoms with Crippen LogP contribution in [0.2, 0.25) is 0 Å². The normalized spacial score (nSPS) is 16.8. The molecule has 6 nitrogen and oxygen atoms in total. The molecule has 2 heterocycles. The van der Waals surface area contributed by atoms with Crippen LogP contribution in [0.15, 0.2) is 35.4 Å². The molecule has 0 spiro atoms. The largest absolute Gasteiger partial charge is 0.494 e. The van der Waals surface area contributed by atoms with Crippen LogP contribution in [0, 0.1) is 13.8 Å². The van der Waals surface area contributed by atoms with Crippen LogP contribution in [0.25, 0.3) is 0 Å². The molecule has 144 valence electrons. The number of rotatable bonds is 7. The molecule has 1 atom stereocenters. The molecule has 2 aromatic rings. The van der Waals surface area contributed by atoms with Crippen LogP contribution < -0.4 is 10.2 Å². The van der Waals surface area contributed by atoms with Crippen molar-refractivity contribution in [1.82, 2.24) is 9.99 Å². The van der Waals surface area contributed by atoms with Gasteiger partial charge in [-0.25, -0.2) is 5.43 Å². The lowest BCUT2D eigenvalue weighted by atomic mass is 10.2. The van der Waals surface area contributed by atoms with E-state index in [1.165, 1.54) is 5.69 Å². The maximum absolute atomic E-state index is 12.2. The first-order chi connectivity index (χ1) is 13.1. The lowest BCUT2D eigenvalue weighted by molar-refractivity contribution is 0.0954. The molecule has 1 fully saturated rings. The molecule has 1 aromatic carbocycles. The fourth-order valence-electron chi connectivity index (χ4n) is 3.33. The summed E-state index contributed by atoms with van der Waals surface area (Å²) < 4.78 is 13.4. The summed E-state index contributed by atoms with van der Waals surface area (Å²) in [5, 5.41) is 4.12. The monoisotopic (exact) mass is 369 g/mol. The van der Waals surface area contributed by atoms with E-state index in [1.807, 2.05) is 6.92 Å². The number of nitrogens with one attached hydrogen (secondary N) is 1. The standard InChI is InChI=1S/C21H27N3O3/c1-4-26-19-9-7-17(8-10-19)21(25)23-22-13-18-12-15(2)24(16(18)3)14-20-6-5-11-27-20/h7-10,12-13,20H,4-6,11,14H2,1-3H3,(H,23,25)/b22-13-/t20-/m0/s1. The minimum Gasteiger partial charge on any atom is -0.494 e. The molecule has 0 saturated carbocycles. The van der Waals surface area contributed by atoms with Crippen LogP contribution in [0.5, 0.6) is 5.75 Å². The first kappa shape index (κ1) is 19.2. The molecule has 0 bridgehead atoms. The molecule has 0 unspecified atom stereocenters. The highest BCUT2D eigenvalue weighted by Gasteiger charge is 2.18. The predicted octanol–water partition coefficient (Wildman–Crippen LogP) is 3.45. The fourth-order valence-corrected chi connectivity index (χ4v) is 3.33. The number of hydrogen-bond acceptors (Lipinski definition) is 4. The van der Waals surface area contributed by atoms with Crippen molar-refractivity contribution in [3.05, 3.63) is 52.8 Å². The first-order valence-corrected chi connectivity index (χ1v) is 9.43. The Morgan fingerprint density at radius 1 is 1.37 bits per heavy atom. The zero-order valence-corrected chi connectivity index (χ0v) is 16.2. The van der Waals surface area contributed by atoms with Crippen molar-refractivity contribution < 1.29 is 14.3 Å². The number of hydrogen-bond donors (Lipinski definition) is 1. The molecule has 1 amide bonds. The molecule has 1 N–H and O–H groups in total. The van der Waals surface area contributed by atoms with Crippen molar-refractivity contribution in [1.29, 1.82) is 0 Å². The van der Waals surface area contributed by atoms with Crippen molar-refractivity contribution in [2.75, 3.05) is 13.2 Å². The Kier molecular flexibility index (Phi) is 6.29. The van der Waals surface area contributed by atoms with Crippen LogP contribution >= 0.6 is 0 Å². The highest BCUT2D eigenvalue weighted by atomic mass is 16.5. The maximum Gasteiger partial charge on any atom is 0.271 e. The van der Waals surface area contributed by atoms with Crippen LogP contribution in [0.3, 0.4) is 0 Å². The van der Waals surface area contributed by atoms with E-state index in [-0.39, 0.29) is 5.91 Å². The molecule has 0 radical (unpaired) electrons. The molecular formula is C21H27N3O3. The third-order valence-corrected chi connectivity index (χ3v) is 4.82. The van der Waals surface area contributed by atoms with Crippen molar-refractivity contribution in [3.8, 4) is 5.75 Å². The van der Waals surface area contributed by atoms with Crippen molar-refractivity contribution in [3.63, 3.8) is 0 Å². The van der Waals surface area contributed by atoms with Gasteiger partial charge in [-0.3, -0.25) is 4.79 Å². The van der Waals surface area contributed by atoms with Gasteiger partial charge in [-0.15, -0.1) is 0 Å². The van der Waals surface area contributed by atoms with E-state index in [2.05, 4.69) is 35.0 Å². The van der Waals surface area contributed by atoms with Crippen molar-refractivity contribution >= 4 is 12.1 Å². The van der Waals surface area contributed by atoms with E-state index in [1.54, 1.807) is 30.5 Å². The smallest absolute Gasteiger partial charge is 0.271 e. The van der Waals surface area contributed by atoms with E-state index in [9.17, 15) is 4.79 Å². The van der Waals surface area contributed by atoms with Crippen LogP contribution in [-0.2, 0) is 11.3 Å². The SMILES string of the molecule is CCOc1ccc(C(=O)N/N=C\c2cc(C)n(C[C@@H]3CCCO3)c2C)cc1. The topological polar surface area (TPSA) is 64.8 Å². The van der Waals surface area contributed by atoms with E-state index in [4.69, 9.17) is 9.47 Å². The van der Waals surface area contributed by atoms with Crippen molar-refractivity contribution in [2.45, 2.75) is 46.3 Å². The van der Waals surface area contributed by atoms with Crippen LogP contribution in [0.4, 0.5) is 0 Å². The van der Waals surface area contributed by atoms with Gasteiger partial charge in [-0.05, 0) is 63.9 Å². The average molecular weight is 369 g/mol. The molecule has 27 heavy (non-hydrogen) atoms. The zero-order chi connectivity index (χ0) is 19.2. The van der Waals surface area contributed by atoms with Crippen LogP contribution in [-0.4, -0.2) is 36.0 Å². The predicted molar refractivity (Wildman–Crippen MR) is 106 cm³/mol. The Hall–Kier alpha value is -2.60. The molecule has 1 aromatic heterocycles. The molecule has 0 aliphatic carbocycles. The number of benzene rings is 1. The molecule has 1 aliphatic heterocycles. The summed E-state index contributed by atoms with van der Waals surface area (Å²) >= 11 is 0. The van der Waals surface area contributed by atoms with Gasteiger partial charge >= 0.3 is 0 Å². The van der Waals surface area contributed by atoms with Gasteiger partial charge in [0.2, 0.25) is 0 Å². The molecule has 3 rings (SSSR count). The lowest BCUT2D eigenvalue weighted by Crippen LogP contribution is -2.18. The number of aryl methyl sites for hydroxylation is 1. The highest BCUT2D eigenvalue weighted by molar-refractivity contribution is 5.95. The van der Waals surface area contributed by atoms with E-state index < -0.39 is 0 Å². The summed E-state index contributed by atoms with van der Waals surface area (Å²) in [4.78, 5) is 12.2. The van der Waals surface area contributed by atoms with Gasteiger partial charge in [0, 0.05) is 35.7 Å². The third kappa shape index (κ3) is 4.77. The Bertz CT molecular complexity index is 803. The van der Waals surface area contributed by atoms with E-state index in [0.717, 1.165) is 43.0 Å². The number of ether oxygens (including phenoxy) is 2. The van der Waals surface area contributed by atoms with Gasteiger partial charge in [0.15, 0.2) is 0 Å². The number of nitrogens with zero attached hydrogens (tertiary/aromatic N) is 2. The Morgan fingerprint density at radius 3 is 2.81 bits per heavy atom. The second-order valence-corrected chi connectivity index (χ2v) is 6.73. The molecule has 1 saturated heterocycles. The van der Waals surface area contributed by atoms with E-state index >= 15 is 0 Å². The molecule has 1 aliphatic rings. The summed E-state index contributed by atoms with van der Waals surface area (Å²) in [6.07, 6.45) is 4.23. The quantitative estimate of drug-likeness (QED) is 0.601. The summed E-state index contributed by atoms with van der Waals surface area (Å²) in [6, 6.07) is 9.09. The van der Waals surface area contributed by atoms with Gasteiger partial charge in [0.05, 0.1) is 18.9 Å². The second kappa shape index (κ2) is 8.86. The van der Waals surface area contributed by atoms with Gasteiger partial charge in [-0.2, -0.15) is 5.10 Å². The van der Waals surface area contributed by atoms with Gasteiger partial charge in [0.25, 0.3) is 5.91 Å². The van der Waals surface area contributed by atoms with Gasteiger partial charge < -0.3 is 14.0 Å². The first-order valence-electron chi connectivity index (χ1n) is 9.43.